The standard InChI is InChI=1S/C17H26ClN3/c1-13-11-20-9-3-2-4-16(20)12-21(13)17(10-19)14-5-7-15(18)8-6-14/h5-8,13,16-17H,2-4,9-12,19H2,1H3. The maximum atomic E-state index is 6.12. The van der Waals surface area contributed by atoms with Crippen molar-refractivity contribution in [3.8, 4) is 0 Å². The SMILES string of the molecule is CC1CN2CCCCC2CN1C(CN)c1ccc(Cl)cc1. The number of nitrogens with zero attached hydrogens (tertiary/aromatic N) is 2. The van der Waals surface area contributed by atoms with Gasteiger partial charge in [0, 0.05) is 42.8 Å². The number of rotatable bonds is 3. The Labute approximate surface area is 133 Å². The Morgan fingerprint density at radius 3 is 2.71 bits per heavy atom. The lowest BCUT2D eigenvalue weighted by Crippen LogP contribution is -2.60. The van der Waals surface area contributed by atoms with Gasteiger partial charge < -0.3 is 5.73 Å². The molecule has 0 aromatic heterocycles. The normalized spacial score (nSPS) is 29.1. The molecule has 3 nitrogen and oxygen atoms in total. The predicted molar refractivity (Wildman–Crippen MR) is 88.6 cm³/mol. The van der Waals surface area contributed by atoms with Crippen molar-refractivity contribution >= 4 is 11.6 Å². The van der Waals surface area contributed by atoms with Gasteiger partial charge in [-0.3, -0.25) is 9.80 Å². The topological polar surface area (TPSA) is 32.5 Å². The Hall–Kier alpha value is -0.610. The molecule has 2 aliphatic heterocycles. The van der Waals surface area contributed by atoms with Gasteiger partial charge >= 0.3 is 0 Å². The van der Waals surface area contributed by atoms with Crippen molar-refractivity contribution in [3.63, 3.8) is 0 Å². The molecule has 2 heterocycles. The summed E-state index contributed by atoms with van der Waals surface area (Å²) in [5.74, 6) is 0. The van der Waals surface area contributed by atoms with Gasteiger partial charge in [-0.05, 0) is 44.0 Å². The molecule has 3 atom stereocenters. The molecule has 0 radical (unpaired) electrons. The van der Waals surface area contributed by atoms with Crippen molar-refractivity contribution in [2.75, 3.05) is 26.2 Å². The Morgan fingerprint density at radius 1 is 1.24 bits per heavy atom. The molecule has 3 rings (SSSR count). The minimum absolute atomic E-state index is 0.307. The third kappa shape index (κ3) is 3.26. The number of hydrogen-bond acceptors (Lipinski definition) is 3. The van der Waals surface area contributed by atoms with Gasteiger partial charge in [-0.15, -0.1) is 0 Å². The second kappa shape index (κ2) is 6.66. The molecule has 0 bridgehead atoms. The summed E-state index contributed by atoms with van der Waals surface area (Å²) >= 11 is 6.01. The van der Waals surface area contributed by atoms with E-state index < -0.39 is 0 Å². The molecule has 2 aliphatic rings. The molecule has 3 unspecified atom stereocenters. The van der Waals surface area contributed by atoms with E-state index >= 15 is 0 Å². The maximum absolute atomic E-state index is 6.12. The lowest BCUT2D eigenvalue weighted by molar-refractivity contribution is -0.00666. The van der Waals surface area contributed by atoms with Gasteiger partial charge in [0.15, 0.2) is 0 Å². The number of nitrogens with two attached hydrogens (primary N) is 1. The summed E-state index contributed by atoms with van der Waals surface area (Å²) in [6, 6.07) is 9.78. The van der Waals surface area contributed by atoms with E-state index in [1.165, 1.54) is 37.9 Å². The molecule has 4 heteroatoms. The summed E-state index contributed by atoms with van der Waals surface area (Å²) in [4.78, 5) is 5.29. The Kier molecular flexibility index (Phi) is 4.85. The molecule has 2 fully saturated rings. The van der Waals surface area contributed by atoms with E-state index in [2.05, 4.69) is 28.9 Å². The van der Waals surface area contributed by atoms with Crippen LogP contribution in [0.25, 0.3) is 0 Å². The van der Waals surface area contributed by atoms with Crippen LogP contribution in [0.3, 0.4) is 0 Å². The molecule has 2 N–H and O–H groups in total. The number of benzene rings is 1. The van der Waals surface area contributed by atoms with Gasteiger partial charge in [-0.25, -0.2) is 0 Å². The Bertz CT molecular complexity index is 462. The van der Waals surface area contributed by atoms with Gasteiger partial charge in [0.2, 0.25) is 0 Å². The monoisotopic (exact) mass is 307 g/mol. The van der Waals surface area contributed by atoms with Crippen LogP contribution in [0.1, 0.15) is 37.8 Å². The van der Waals surface area contributed by atoms with Crippen LogP contribution in [0.4, 0.5) is 0 Å². The highest BCUT2D eigenvalue weighted by Crippen LogP contribution is 2.30. The third-order valence-electron chi connectivity index (χ3n) is 5.11. The number of fused-ring (bicyclic) bond motifs is 1. The van der Waals surface area contributed by atoms with Crippen molar-refractivity contribution in [1.29, 1.82) is 0 Å². The van der Waals surface area contributed by atoms with E-state index in [1.54, 1.807) is 0 Å². The molecule has 0 aliphatic carbocycles. The van der Waals surface area contributed by atoms with E-state index in [0.717, 1.165) is 17.6 Å². The van der Waals surface area contributed by atoms with E-state index in [4.69, 9.17) is 17.3 Å². The molecule has 1 aromatic carbocycles. The summed E-state index contributed by atoms with van der Waals surface area (Å²) in [5, 5.41) is 0.791. The summed E-state index contributed by atoms with van der Waals surface area (Å²) in [6.45, 7) is 6.60. The highest BCUT2D eigenvalue weighted by atomic mass is 35.5. The van der Waals surface area contributed by atoms with Gasteiger partial charge in [-0.1, -0.05) is 30.2 Å². The molecule has 0 amide bonds. The van der Waals surface area contributed by atoms with Crippen LogP contribution in [0, 0.1) is 0 Å². The quantitative estimate of drug-likeness (QED) is 0.932. The number of hydrogen-bond donors (Lipinski definition) is 1. The minimum Gasteiger partial charge on any atom is -0.329 e. The average Bonchev–Trinajstić information content (AvgIpc) is 2.50. The number of piperazine rings is 1. The summed E-state index contributed by atoms with van der Waals surface area (Å²) in [5.41, 5.74) is 7.41. The van der Waals surface area contributed by atoms with Crippen LogP contribution >= 0.6 is 11.6 Å². The zero-order valence-corrected chi connectivity index (χ0v) is 13.6. The van der Waals surface area contributed by atoms with Crippen molar-refractivity contribution in [3.05, 3.63) is 34.9 Å². The second-order valence-electron chi connectivity index (χ2n) is 6.49. The van der Waals surface area contributed by atoms with E-state index in [9.17, 15) is 0 Å². The zero-order chi connectivity index (χ0) is 14.8. The molecule has 116 valence electrons. The largest absolute Gasteiger partial charge is 0.329 e. The van der Waals surface area contributed by atoms with Gasteiger partial charge in [0.25, 0.3) is 0 Å². The fraction of sp³-hybridized carbons (Fsp3) is 0.647. The molecular weight excluding hydrogens is 282 g/mol. The van der Waals surface area contributed by atoms with Gasteiger partial charge in [-0.2, -0.15) is 0 Å². The Balaban J connectivity index is 1.78. The van der Waals surface area contributed by atoms with E-state index in [0.29, 0.717) is 18.6 Å². The first-order chi connectivity index (χ1) is 10.2. The van der Waals surface area contributed by atoms with Crippen molar-refractivity contribution in [1.82, 2.24) is 9.80 Å². The minimum atomic E-state index is 0.307. The lowest BCUT2D eigenvalue weighted by atomic mass is 9.94. The average molecular weight is 308 g/mol. The van der Waals surface area contributed by atoms with E-state index in [1.807, 2.05) is 12.1 Å². The van der Waals surface area contributed by atoms with Crippen molar-refractivity contribution < 1.29 is 0 Å². The highest BCUT2D eigenvalue weighted by Gasteiger charge is 2.36. The molecule has 0 spiro atoms. The summed E-state index contributed by atoms with van der Waals surface area (Å²) < 4.78 is 0. The fourth-order valence-electron chi connectivity index (χ4n) is 3.96. The lowest BCUT2D eigenvalue weighted by Gasteiger charge is -2.50. The number of piperidine rings is 1. The molecular formula is C17H26ClN3. The smallest absolute Gasteiger partial charge is 0.0474 e. The highest BCUT2D eigenvalue weighted by molar-refractivity contribution is 6.30. The molecule has 21 heavy (non-hydrogen) atoms. The van der Waals surface area contributed by atoms with E-state index in [-0.39, 0.29) is 0 Å². The Morgan fingerprint density at radius 2 is 2.00 bits per heavy atom. The zero-order valence-electron chi connectivity index (χ0n) is 12.8. The van der Waals surface area contributed by atoms with Gasteiger partial charge in [0.1, 0.15) is 0 Å². The van der Waals surface area contributed by atoms with Crippen LogP contribution in [-0.4, -0.2) is 48.1 Å². The van der Waals surface area contributed by atoms with Gasteiger partial charge in [0.05, 0.1) is 0 Å². The molecule has 0 saturated carbocycles. The van der Waals surface area contributed by atoms with Crippen LogP contribution in [0.15, 0.2) is 24.3 Å². The summed E-state index contributed by atoms with van der Waals surface area (Å²) in [6.07, 6.45) is 4.07. The van der Waals surface area contributed by atoms with Crippen molar-refractivity contribution in [2.24, 2.45) is 5.73 Å². The number of halogens is 1. The van der Waals surface area contributed by atoms with Crippen LogP contribution in [-0.2, 0) is 0 Å². The summed E-state index contributed by atoms with van der Waals surface area (Å²) in [7, 11) is 0. The van der Waals surface area contributed by atoms with Crippen molar-refractivity contribution in [2.45, 2.75) is 44.3 Å². The predicted octanol–water partition coefficient (Wildman–Crippen LogP) is 2.90. The molecule has 2 saturated heterocycles. The second-order valence-corrected chi connectivity index (χ2v) is 6.93. The van der Waals surface area contributed by atoms with Crippen LogP contribution < -0.4 is 5.73 Å². The molecule has 1 aromatic rings. The first-order valence-corrected chi connectivity index (χ1v) is 8.52. The first-order valence-electron chi connectivity index (χ1n) is 8.14. The maximum Gasteiger partial charge on any atom is 0.0474 e. The van der Waals surface area contributed by atoms with Crippen LogP contribution in [0.2, 0.25) is 5.02 Å². The fourth-order valence-corrected chi connectivity index (χ4v) is 4.08. The van der Waals surface area contributed by atoms with Crippen LogP contribution in [0.5, 0.6) is 0 Å². The third-order valence-corrected chi connectivity index (χ3v) is 5.37. The first kappa shape index (κ1) is 15.3.